The van der Waals surface area contributed by atoms with Crippen molar-refractivity contribution in [1.82, 2.24) is 14.5 Å². The van der Waals surface area contributed by atoms with Crippen LogP contribution in [-0.2, 0) is 0 Å². The summed E-state index contributed by atoms with van der Waals surface area (Å²) in [5.74, 6) is 1.63. The van der Waals surface area contributed by atoms with E-state index in [1.807, 2.05) is 36.4 Å². The largest absolute Gasteiger partial charge is 0.507 e. The summed E-state index contributed by atoms with van der Waals surface area (Å²) in [7, 11) is 0. The molecule has 198 valence electrons. The fourth-order valence-corrected chi connectivity index (χ4v) is 5.50. The van der Waals surface area contributed by atoms with Crippen LogP contribution in [0, 0.1) is 0 Å². The molecule has 4 aromatic carbocycles. The topological polar surface area (TPSA) is 50.9 Å². The number of hydrogen-bond donors (Lipinski definition) is 1. The predicted octanol–water partition coefficient (Wildman–Crippen LogP) is 9.37. The summed E-state index contributed by atoms with van der Waals surface area (Å²) in [6, 6.07) is 34.6. The van der Waals surface area contributed by atoms with E-state index < -0.39 is 0 Å². The fraction of sp³-hybridized carbons (Fsp3) is 0.167. The highest BCUT2D eigenvalue weighted by Gasteiger charge is 2.22. The molecule has 0 spiro atoms. The molecule has 0 unspecified atom stereocenters. The average molecular weight is 524 g/mol. The zero-order chi connectivity index (χ0) is 27.8. The molecule has 0 atom stereocenters. The lowest BCUT2D eigenvalue weighted by Gasteiger charge is -2.21. The molecule has 0 saturated carbocycles. The van der Waals surface area contributed by atoms with Crippen molar-refractivity contribution < 1.29 is 5.11 Å². The van der Waals surface area contributed by atoms with Crippen LogP contribution < -0.4 is 0 Å². The van der Waals surface area contributed by atoms with Crippen molar-refractivity contribution in [3.8, 4) is 45.5 Å². The molecular weight excluding hydrogens is 490 g/mol. The van der Waals surface area contributed by atoms with E-state index >= 15 is 0 Å². The minimum Gasteiger partial charge on any atom is -0.507 e. The molecule has 2 heterocycles. The number of benzene rings is 4. The van der Waals surface area contributed by atoms with E-state index in [-0.39, 0.29) is 5.75 Å². The zero-order valence-corrected chi connectivity index (χ0v) is 23.3. The number of para-hydroxylation sites is 2. The van der Waals surface area contributed by atoms with Crippen molar-refractivity contribution >= 4 is 10.8 Å². The van der Waals surface area contributed by atoms with Gasteiger partial charge in [-0.1, -0.05) is 107 Å². The van der Waals surface area contributed by atoms with Gasteiger partial charge in [0.1, 0.15) is 11.4 Å². The van der Waals surface area contributed by atoms with Crippen LogP contribution in [0.4, 0.5) is 0 Å². The molecule has 0 fully saturated rings. The summed E-state index contributed by atoms with van der Waals surface area (Å²) in [6.45, 7) is 8.95. The Labute approximate surface area is 235 Å². The van der Waals surface area contributed by atoms with Crippen molar-refractivity contribution in [2.24, 2.45) is 0 Å². The third-order valence-corrected chi connectivity index (χ3v) is 7.51. The third-order valence-electron chi connectivity index (χ3n) is 7.51. The quantitative estimate of drug-likeness (QED) is 0.237. The summed E-state index contributed by atoms with van der Waals surface area (Å²) in [4.78, 5) is 10.3. The zero-order valence-electron chi connectivity index (χ0n) is 23.3. The van der Waals surface area contributed by atoms with Gasteiger partial charge in [0.15, 0.2) is 5.82 Å². The number of hydrogen-bond acceptors (Lipinski definition) is 3. The Kier molecular flexibility index (Phi) is 6.69. The van der Waals surface area contributed by atoms with Crippen molar-refractivity contribution in [2.45, 2.75) is 39.5 Å². The number of imidazole rings is 1. The van der Waals surface area contributed by atoms with Gasteiger partial charge in [0, 0.05) is 17.3 Å². The molecule has 0 amide bonds. The van der Waals surface area contributed by atoms with Crippen LogP contribution in [0.2, 0.25) is 0 Å². The average Bonchev–Trinajstić information content (AvgIpc) is 3.42. The Bertz CT molecular complexity index is 1800. The fourth-order valence-electron chi connectivity index (χ4n) is 5.50. The highest BCUT2D eigenvalue weighted by molar-refractivity contribution is 5.96. The van der Waals surface area contributed by atoms with E-state index in [9.17, 15) is 5.11 Å². The Balaban J connectivity index is 1.65. The first-order valence-corrected chi connectivity index (χ1v) is 13.9. The van der Waals surface area contributed by atoms with Gasteiger partial charge in [0.05, 0.1) is 17.1 Å². The summed E-state index contributed by atoms with van der Waals surface area (Å²) in [5, 5.41) is 12.9. The molecule has 2 aromatic heterocycles. The van der Waals surface area contributed by atoms with Gasteiger partial charge in [-0.15, -0.1) is 0 Å². The predicted molar refractivity (Wildman–Crippen MR) is 165 cm³/mol. The number of aromatic nitrogens is 3. The smallest absolute Gasteiger partial charge is 0.163 e. The second kappa shape index (κ2) is 10.5. The lowest BCUT2D eigenvalue weighted by atomic mass is 9.92. The Hall–Kier alpha value is -4.70. The number of phenolic OH excluding ortho intramolecular Hbond substituents is 1. The van der Waals surface area contributed by atoms with Gasteiger partial charge in [-0.3, -0.25) is 4.57 Å². The first-order chi connectivity index (χ1) is 19.4. The van der Waals surface area contributed by atoms with Crippen LogP contribution in [0.15, 0.2) is 109 Å². The van der Waals surface area contributed by atoms with Crippen LogP contribution >= 0.6 is 0 Å². The van der Waals surface area contributed by atoms with Crippen LogP contribution in [0.5, 0.6) is 5.75 Å². The third kappa shape index (κ3) is 4.56. The maximum absolute atomic E-state index is 10.5. The summed E-state index contributed by atoms with van der Waals surface area (Å²) in [6.07, 6.45) is 2.17. The lowest BCUT2D eigenvalue weighted by Crippen LogP contribution is -2.08. The van der Waals surface area contributed by atoms with Crippen LogP contribution in [0.25, 0.3) is 50.5 Å². The maximum atomic E-state index is 10.5. The molecular formula is C36H33N3O. The highest BCUT2D eigenvalue weighted by atomic mass is 16.3. The first-order valence-electron chi connectivity index (χ1n) is 13.9. The van der Waals surface area contributed by atoms with Gasteiger partial charge in [-0.05, 0) is 58.0 Å². The minimum absolute atomic E-state index is 0.208. The minimum atomic E-state index is 0.208. The Morgan fingerprint density at radius 1 is 0.575 bits per heavy atom. The van der Waals surface area contributed by atoms with Crippen LogP contribution in [0.1, 0.15) is 50.7 Å². The Morgan fingerprint density at radius 2 is 1.18 bits per heavy atom. The van der Waals surface area contributed by atoms with Gasteiger partial charge in [-0.25, -0.2) is 9.97 Å². The van der Waals surface area contributed by atoms with E-state index in [1.54, 1.807) is 6.07 Å². The lowest BCUT2D eigenvalue weighted by molar-refractivity contribution is 0.477. The monoisotopic (exact) mass is 523 g/mol. The molecule has 0 saturated heterocycles. The van der Waals surface area contributed by atoms with Crippen molar-refractivity contribution in [3.63, 3.8) is 0 Å². The number of fused-ring (bicyclic) bond motifs is 1. The van der Waals surface area contributed by atoms with Crippen molar-refractivity contribution in [3.05, 3.63) is 120 Å². The molecule has 0 aliphatic carbocycles. The second-order valence-electron chi connectivity index (χ2n) is 10.9. The number of phenols is 1. The van der Waals surface area contributed by atoms with Gasteiger partial charge in [-0.2, -0.15) is 0 Å². The number of nitrogens with zero attached hydrogens (tertiary/aromatic N) is 3. The molecule has 0 aliphatic heterocycles. The normalized spacial score (nSPS) is 11.6. The number of pyridine rings is 1. The van der Waals surface area contributed by atoms with E-state index in [1.165, 1.54) is 21.9 Å². The number of aromatic hydroxyl groups is 1. The van der Waals surface area contributed by atoms with Gasteiger partial charge >= 0.3 is 0 Å². The molecule has 0 bridgehead atoms. The van der Waals surface area contributed by atoms with E-state index in [4.69, 9.17) is 9.97 Å². The molecule has 0 radical (unpaired) electrons. The molecule has 6 rings (SSSR count). The standard InChI is InChI=1S/C36H33N3O/c1-23(2)26-16-10-17-27(24(3)4)35(26)39-22-33(29-18-9-13-25-12-5-6-14-28(25)29)38-36(39)32-20-11-19-31(37-32)30-15-7-8-21-34(30)40/h5-24,40H,1-4H3. The van der Waals surface area contributed by atoms with Crippen molar-refractivity contribution in [2.75, 3.05) is 0 Å². The Morgan fingerprint density at radius 3 is 1.93 bits per heavy atom. The van der Waals surface area contributed by atoms with E-state index in [0.29, 0.717) is 23.1 Å². The molecule has 4 nitrogen and oxygen atoms in total. The molecule has 4 heteroatoms. The van der Waals surface area contributed by atoms with Gasteiger partial charge in [0.25, 0.3) is 0 Å². The highest BCUT2D eigenvalue weighted by Crippen LogP contribution is 2.38. The summed E-state index contributed by atoms with van der Waals surface area (Å²) in [5.41, 5.74) is 7.84. The van der Waals surface area contributed by atoms with Gasteiger partial charge in [0.2, 0.25) is 0 Å². The summed E-state index contributed by atoms with van der Waals surface area (Å²) < 4.78 is 2.23. The SMILES string of the molecule is CC(C)c1cccc(C(C)C)c1-n1cc(-c2cccc3ccccc23)nc1-c1cccc(-c2ccccc2O)n1. The molecule has 6 aromatic rings. The number of rotatable bonds is 6. The molecule has 0 aliphatic rings. The maximum Gasteiger partial charge on any atom is 0.163 e. The summed E-state index contributed by atoms with van der Waals surface area (Å²) >= 11 is 0. The van der Waals surface area contributed by atoms with Crippen LogP contribution in [-0.4, -0.2) is 19.6 Å². The second-order valence-corrected chi connectivity index (χ2v) is 10.9. The van der Waals surface area contributed by atoms with Gasteiger partial charge < -0.3 is 5.11 Å². The first kappa shape index (κ1) is 25.6. The molecule has 40 heavy (non-hydrogen) atoms. The van der Waals surface area contributed by atoms with Crippen LogP contribution in [0.3, 0.4) is 0 Å². The van der Waals surface area contributed by atoms with Crippen molar-refractivity contribution in [1.29, 1.82) is 0 Å². The molecule has 1 N–H and O–H groups in total. The van der Waals surface area contributed by atoms with E-state index in [0.717, 1.165) is 28.5 Å². The van der Waals surface area contributed by atoms with E-state index in [2.05, 4.69) is 99.1 Å².